The molecule has 0 amide bonds. The van der Waals surface area contributed by atoms with E-state index in [1.54, 1.807) is 0 Å². The number of hydrogen-bond acceptors (Lipinski definition) is 1. The van der Waals surface area contributed by atoms with Gasteiger partial charge in [-0.15, -0.1) is 0 Å². The van der Waals surface area contributed by atoms with Crippen LogP contribution in [0.25, 0.3) is 0 Å². The molecule has 1 heterocycles. The molecule has 78 valence electrons. The van der Waals surface area contributed by atoms with Crippen LogP contribution in [-0.2, 0) is 0 Å². The second kappa shape index (κ2) is 4.12. The Bertz CT molecular complexity index is 275. The zero-order valence-electron chi connectivity index (χ0n) is 9.91. The van der Waals surface area contributed by atoms with Gasteiger partial charge in [-0.2, -0.15) is 0 Å². The van der Waals surface area contributed by atoms with Gasteiger partial charge < -0.3 is 0 Å². The Balaban J connectivity index is 2.90. The van der Waals surface area contributed by atoms with Crippen molar-refractivity contribution in [1.82, 2.24) is 4.98 Å². The number of hydrogen-bond donors (Lipinski definition) is 0. The van der Waals surface area contributed by atoms with Gasteiger partial charge in [0.2, 0.25) is 0 Å². The first-order chi connectivity index (χ1) is 6.46. The zero-order valence-corrected chi connectivity index (χ0v) is 9.91. The van der Waals surface area contributed by atoms with E-state index >= 15 is 0 Å². The maximum Gasteiger partial charge on any atom is 0.0270 e. The molecule has 1 rings (SSSR count). The van der Waals surface area contributed by atoms with Crippen molar-refractivity contribution in [3.63, 3.8) is 0 Å². The monoisotopic (exact) mass is 191 g/mol. The summed E-state index contributed by atoms with van der Waals surface area (Å²) >= 11 is 0. The Morgan fingerprint density at radius 1 is 1.07 bits per heavy atom. The van der Waals surface area contributed by atoms with Crippen LogP contribution in [0.1, 0.15) is 46.1 Å². The lowest BCUT2D eigenvalue weighted by molar-refractivity contribution is 0.203. The highest BCUT2D eigenvalue weighted by molar-refractivity contribution is 5.17. The van der Waals surface area contributed by atoms with Crippen molar-refractivity contribution in [3.8, 4) is 0 Å². The van der Waals surface area contributed by atoms with Gasteiger partial charge in [0.25, 0.3) is 0 Å². The average molecular weight is 191 g/mol. The Labute approximate surface area is 87.6 Å². The molecule has 0 bridgehead atoms. The van der Waals surface area contributed by atoms with Gasteiger partial charge in [0.1, 0.15) is 0 Å². The van der Waals surface area contributed by atoms with Crippen molar-refractivity contribution in [2.75, 3.05) is 0 Å². The summed E-state index contributed by atoms with van der Waals surface area (Å²) in [7, 11) is 0. The van der Waals surface area contributed by atoms with Crippen LogP contribution >= 0.6 is 0 Å². The highest BCUT2D eigenvalue weighted by atomic mass is 14.6. The van der Waals surface area contributed by atoms with E-state index in [-0.39, 0.29) is 0 Å². The smallest absolute Gasteiger partial charge is 0.0270 e. The molecule has 0 radical (unpaired) electrons. The van der Waals surface area contributed by atoms with Crippen LogP contribution in [0.4, 0.5) is 0 Å². The molecule has 1 atom stereocenters. The van der Waals surface area contributed by atoms with E-state index in [1.165, 1.54) is 5.56 Å². The van der Waals surface area contributed by atoms with Crippen molar-refractivity contribution in [3.05, 3.63) is 30.1 Å². The molecule has 1 aromatic rings. The van der Waals surface area contributed by atoms with Crippen molar-refractivity contribution in [2.24, 2.45) is 11.3 Å². The van der Waals surface area contributed by atoms with E-state index in [0.29, 0.717) is 17.3 Å². The summed E-state index contributed by atoms with van der Waals surface area (Å²) in [6, 6.07) is 4.24. The second-order valence-electron chi connectivity index (χ2n) is 4.98. The standard InChI is InChI=1S/C13H21N/c1-10(2)13(4,5)11(3)12-6-8-14-9-7-12/h6-11H,1-5H3. The lowest BCUT2D eigenvalue weighted by Crippen LogP contribution is -2.26. The minimum atomic E-state index is 0.335. The van der Waals surface area contributed by atoms with Crippen molar-refractivity contribution < 1.29 is 0 Å². The second-order valence-corrected chi connectivity index (χ2v) is 4.98. The van der Waals surface area contributed by atoms with Gasteiger partial charge in [-0.1, -0.05) is 34.6 Å². The van der Waals surface area contributed by atoms with E-state index in [4.69, 9.17) is 0 Å². The normalized spacial score (nSPS) is 14.4. The number of aromatic nitrogens is 1. The zero-order chi connectivity index (χ0) is 10.8. The van der Waals surface area contributed by atoms with Crippen LogP contribution in [0.15, 0.2) is 24.5 Å². The number of nitrogens with zero attached hydrogens (tertiary/aromatic N) is 1. The third-order valence-electron chi connectivity index (χ3n) is 3.81. The van der Waals surface area contributed by atoms with Gasteiger partial charge in [0.05, 0.1) is 0 Å². The summed E-state index contributed by atoms with van der Waals surface area (Å²) in [6.07, 6.45) is 3.75. The molecule has 0 aliphatic heterocycles. The minimum Gasteiger partial charge on any atom is -0.265 e. The average Bonchev–Trinajstić information content (AvgIpc) is 2.17. The predicted octanol–water partition coefficient (Wildman–Crippen LogP) is 3.87. The maximum atomic E-state index is 4.05. The summed E-state index contributed by atoms with van der Waals surface area (Å²) in [4.78, 5) is 4.05. The first-order valence-electron chi connectivity index (χ1n) is 5.36. The molecule has 0 aromatic carbocycles. The van der Waals surface area contributed by atoms with Crippen molar-refractivity contribution >= 4 is 0 Å². The molecule has 0 N–H and O–H groups in total. The Hall–Kier alpha value is -0.850. The van der Waals surface area contributed by atoms with Gasteiger partial charge >= 0.3 is 0 Å². The Morgan fingerprint density at radius 3 is 2.00 bits per heavy atom. The van der Waals surface area contributed by atoms with Gasteiger partial charge in [0, 0.05) is 12.4 Å². The van der Waals surface area contributed by atoms with Crippen LogP contribution in [0.5, 0.6) is 0 Å². The molecule has 0 fully saturated rings. The molecule has 0 spiro atoms. The first kappa shape index (κ1) is 11.2. The summed E-state index contributed by atoms with van der Waals surface area (Å²) < 4.78 is 0. The third-order valence-corrected chi connectivity index (χ3v) is 3.81. The first-order valence-corrected chi connectivity index (χ1v) is 5.36. The van der Waals surface area contributed by atoms with E-state index < -0.39 is 0 Å². The summed E-state index contributed by atoms with van der Waals surface area (Å²) in [6.45, 7) is 11.6. The highest BCUT2D eigenvalue weighted by Gasteiger charge is 2.30. The van der Waals surface area contributed by atoms with Crippen LogP contribution in [0, 0.1) is 11.3 Å². The van der Waals surface area contributed by atoms with Crippen LogP contribution in [-0.4, -0.2) is 4.98 Å². The largest absolute Gasteiger partial charge is 0.265 e. The Morgan fingerprint density at radius 2 is 1.57 bits per heavy atom. The fourth-order valence-corrected chi connectivity index (χ4v) is 1.58. The van der Waals surface area contributed by atoms with E-state index in [2.05, 4.69) is 51.7 Å². The van der Waals surface area contributed by atoms with Crippen molar-refractivity contribution in [2.45, 2.75) is 40.5 Å². The lowest BCUT2D eigenvalue weighted by atomic mass is 9.69. The lowest BCUT2D eigenvalue weighted by Gasteiger charge is -2.36. The molecule has 14 heavy (non-hydrogen) atoms. The van der Waals surface area contributed by atoms with E-state index in [0.717, 1.165) is 0 Å². The van der Waals surface area contributed by atoms with Gasteiger partial charge in [-0.25, -0.2) is 0 Å². The molecule has 1 unspecified atom stereocenters. The molecule has 0 saturated heterocycles. The fourth-order valence-electron chi connectivity index (χ4n) is 1.58. The quantitative estimate of drug-likeness (QED) is 0.706. The predicted molar refractivity (Wildman–Crippen MR) is 61.3 cm³/mol. The molecule has 1 aromatic heterocycles. The van der Waals surface area contributed by atoms with E-state index in [1.807, 2.05) is 12.4 Å². The molecule has 0 aliphatic carbocycles. The molecule has 1 nitrogen and oxygen atoms in total. The van der Waals surface area contributed by atoms with Gasteiger partial charge in [0.15, 0.2) is 0 Å². The number of rotatable bonds is 3. The molecule has 0 aliphatic rings. The summed E-state index contributed by atoms with van der Waals surface area (Å²) in [5, 5.41) is 0. The van der Waals surface area contributed by atoms with Crippen LogP contribution in [0.2, 0.25) is 0 Å². The maximum absolute atomic E-state index is 4.05. The highest BCUT2D eigenvalue weighted by Crippen LogP contribution is 2.40. The van der Waals surface area contributed by atoms with E-state index in [9.17, 15) is 0 Å². The SMILES string of the molecule is CC(C)C(C)(C)C(C)c1ccncc1. The van der Waals surface area contributed by atoms with Crippen LogP contribution in [0.3, 0.4) is 0 Å². The minimum absolute atomic E-state index is 0.335. The van der Waals surface area contributed by atoms with Crippen molar-refractivity contribution in [1.29, 1.82) is 0 Å². The molecular weight excluding hydrogens is 170 g/mol. The van der Waals surface area contributed by atoms with Gasteiger partial charge in [-0.05, 0) is 34.9 Å². The topological polar surface area (TPSA) is 12.9 Å². The van der Waals surface area contributed by atoms with Gasteiger partial charge in [-0.3, -0.25) is 4.98 Å². The molecule has 1 heteroatoms. The fraction of sp³-hybridized carbons (Fsp3) is 0.615. The summed E-state index contributed by atoms with van der Waals surface area (Å²) in [5.41, 5.74) is 1.72. The molecular formula is C13H21N. The van der Waals surface area contributed by atoms with Crippen LogP contribution < -0.4 is 0 Å². The number of pyridine rings is 1. The third kappa shape index (κ3) is 2.14. The Kier molecular flexibility index (Phi) is 3.30. The molecule has 0 saturated carbocycles. The summed E-state index contributed by atoms with van der Waals surface area (Å²) in [5.74, 6) is 1.26.